The molecule has 0 aliphatic rings. The quantitative estimate of drug-likeness (QED) is 0.904. The van der Waals surface area contributed by atoms with Gasteiger partial charge >= 0.3 is 0 Å². The lowest BCUT2D eigenvalue weighted by atomic mass is 10.0. The van der Waals surface area contributed by atoms with Gasteiger partial charge in [0, 0.05) is 23.8 Å². The Morgan fingerprint density at radius 3 is 2.57 bits per heavy atom. The van der Waals surface area contributed by atoms with Crippen LogP contribution in [0.2, 0.25) is 0 Å². The summed E-state index contributed by atoms with van der Waals surface area (Å²) in [5.74, 6) is 0.534. The minimum atomic E-state index is -0.318. The lowest BCUT2D eigenvalue weighted by Gasteiger charge is -2.22. The van der Waals surface area contributed by atoms with Gasteiger partial charge in [-0.3, -0.25) is 4.98 Å². The van der Waals surface area contributed by atoms with E-state index in [0.717, 1.165) is 16.9 Å². The van der Waals surface area contributed by atoms with Crippen molar-refractivity contribution in [2.75, 3.05) is 7.11 Å². The Morgan fingerprint density at radius 2 is 1.90 bits per heavy atom. The van der Waals surface area contributed by atoms with Crippen LogP contribution in [-0.4, -0.2) is 12.1 Å². The fourth-order valence-electron chi connectivity index (χ4n) is 2.42. The van der Waals surface area contributed by atoms with E-state index in [4.69, 9.17) is 4.74 Å². The van der Waals surface area contributed by atoms with E-state index in [1.165, 1.54) is 17.8 Å². The van der Waals surface area contributed by atoms with Gasteiger partial charge in [-0.25, -0.2) is 4.39 Å². The first-order valence-electron chi connectivity index (χ1n) is 7.02. The molecule has 1 N–H and O–H groups in total. The molecule has 2 aromatic rings. The minimum absolute atomic E-state index is 0.00609. The molecular weight excluding hydrogens is 267 g/mol. The summed E-state index contributed by atoms with van der Waals surface area (Å²) < 4.78 is 18.7. The van der Waals surface area contributed by atoms with Crippen LogP contribution in [0.3, 0.4) is 0 Å². The van der Waals surface area contributed by atoms with Crippen LogP contribution in [-0.2, 0) is 0 Å². The Hall–Kier alpha value is -1.94. The molecule has 0 aliphatic heterocycles. The number of ether oxygens (including phenoxy) is 1. The average Bonchev–Trinajstić information content (AvgIpc) is 2.47. The third-order valence-corrected chi connectivity index (χ3v) is 3.58. The number of pyridine rings is 1. The van der Waals surface area contributed by atoms with E-state index in [0.29, 0.717) is 0 Å². The van der Waals surface area contributed by atoms with E-state index in [9.17, 15) is 4.39 Å². The highest BCUT2D eigenvalue weighted by molar-refractivity contribution is 5.39. The van der Waals surface area contributed by atoms with Gasteiger partial charge in [-0.05, 0) is 38.5 Å². The number of hydrogen-bond donors (Lipinski definition) is 1. The summed E-state index contributed by atoms with van der Waals surface area (Å²) in [6, 6.07) is 7.68. The van der Waals surface area contributed by atoms with Crippen molar-refractivity contribution in [2.24, 2.45) is 0 Å². The fraction of sp³-hybridized carbons (Fsp3) is 0.353. The maximum atomic E-state index is 13.2. The predicted molar refractivity (Wildman–Crippen MR) is 81.9 cm³/mol. The second-order valence-corrected chi connectivity index (χ2v) is 5.29. The van der Waals surface area contributed by atoms with Gasteiger partial charge in [0.25, 0.3) is 0 Å². The van der Waals surface area contributed by atoms with Gasteiger partial charge in [0.2, 0.25) is 0 Å². The number of methoxy groups -OCH3 is 1. The van der Waals surface area contributed by atoms with Crippen molar-refractivity contribution >= 4 is 0 Å². The number of nitrogens with zero attached hydrogens (tertiary/aromatic N) is 1. The average molecular weight is 288 g/mol. The zero-order chi connectivity index (χ0) is 15.4. The van der Waals surface area contributed by atoms with Crippen molar-refractivity contribution in [2.45, 2.75) is 32.9 Å². The van der Waals surface area contributed by atoms with Gasteiger partial charge in [-0.2, -0.15) is 0 Å². The SMILES string of the molecule is COc1ccc(C)cc1C(C)NC(C)c1cncc(F)c1. The number of rotatable bonds is 5. The summed E-state index contributed by atoms with van der Waals surface area (Å²) in [5, 5.41) is 3.45. The van der Waals surface area contributed by atoms with Crippen LogP contribution in [0, 0.1) is 12.7 Å². The van der Waals surface area contributed by atoms with Gasteiger partial charge in [-0.1, -0.05) is 17.7 Å². The molecule has 112 valence electrons. The Balaban J connectivity index is 2.17. The lowest BCUT2D eigenvalue weighted by molar-refractivity contribution is 0.396. The standard InChI is InChI=1S/C17H21FN2O/c1-11-5-6-17(21-4)16(7-11)13(3)20-12(2)14-8-15(18)10-19-9-14/h5-10,12-13,20H,1-4H3. The van der Waals surface area contributed by atoms with Gasteiger partial charge in [0.1, 0.15) is 11.6 Å². The molecule has 2 atom stereocenters. The van der Waals surface area contributed by atoms with Crippen LogP contribution in [0.5, 0.6) is 5.75 Å². The Kier molecular flexibility index (Phi) is 4.91. The zero-order valence-corrected chi connectivity index (χ0v) is 12.9. The van der Waals surface area contributed by atoms with Gasteiger partial charge in [0.05, 0.1) is 13.3 Å². The normalized spacial score (nSPS) is 13.8. The first kappa shape index (κ1) is 15.4. The number of aromatic nitrogens is 1. The third kappa shape index (κ3) is 3.79. The molecule has 0 bridgehead atoms. The van der Waals surface area contributed by atoms with Crippen LogP contribution in [0.4, 0.5) is 4.39 Å². The molecule has 0 amide bonds. The monoisotopic (exact) mass is 288 g/mol. The summed E-state index contributed by atoms with van der Waals surface area (Å²) in [4.78, 5) is 3.89. The van der Waals surface area contributed by atoms with Gasteiger partial charge < -0.3 is 10.1 Å². The molecule has 0 fully saturated rings. The maximum absolute atomic E-state index is 13.2. The molecule has 0 spiro atoms. The molecule has 3 nitrogen and oxygen atoms in total. The summed E-state index contributed by atoms with van der Waals surface area (Å²) in [5.41, 5.74) is 3.10. The number of benzene rings is 1. The highest BCUT2D eigenvalue weighted by Crippen LogP contribution is 2.28. The molecule has 2 unspecified atom stereocenters. The molecule has 0 aliphatic carbocycles. The molecule has 0 saturated heterocycles. The Labute approximate surface area is 125 Å². The Morgan fingerprint density at radius 1 is 1.14 bits per heavy atom. The van der Waals surface area contributed by atoms with E-state index in [1.807, 2.05) is 19.1 Å². The van der Waals surface area contributed by atoms with E-state index in [2.05, 4.69) is 30.2 Å². The first-order valence-corrected chi connectivity index (χ1v) is 7.02. The second-order valence-electron chi connectivity index (χ2n) is 5.29. The van der Waals surface area contributed by atoms with Crippen molar-refractivity contribution < 1.29 is 9.13 Å². The number of nitrogens with one attached hydrogen (secondary N) is 1. The smallest absolute Gasteiger partial charge is 0.141 e. The van der Waals surface area contributed by atoms with Crippen molar-refractivity contribution in [3.05, 3.63) is 59.2 Å². The molecule has 2 rings (SSSR count). The van der Waals surface area contributed by atoms with Gasteiger partial charge in [-0.15, -0.1) is 0 Å². The molecule has 1 aromatic heterocycles. The van der Waals surface area contributed by atoms with Crippen LogP contribution in [0.1, 0.15) is 42.6 Å². The molecular formula is C17H21FN2O. The van der Waals surface area contributed by atoms with Crippen LogP contribution >= 0.6 is 0 Å². The van der Waals surface area contributed by atoms with Crippen molar-refractivity contribution in [1.29, 1.82) is 0 Å². The summed E-state index contributed by atoms with van der Waals surface area (Å²) >= 11 is 0. The number of aryl methyl sites for hydroxylation is 1. The lowest BCUT2D eigenvalue weighted by Crippen LogP contribution is -2.23. The van der Waals surface area contributed by atoms with Crippen molar-refractivity contribution in [3.8, 4) is 5.75 Å². The second kappa shape index (κ2) is 6.68. The summed E-state index contributed by atoms with van der Waals surface area (Å²) in [6.07, 6.45) is 2.89. The summed E-state index contributed by atoms with van der Waals surface area (Å²) in [7, 11) is 1.67. The van der Waals surface area contributed by atoms with E-state index in [1.54, 1.807) is 13.3 Å². The molecule has 1 heterocycles. The Bertz CT molecular complexity index is 615. The maximum Gasteiger partial charge on any atom is 0.141 e. The predicted octanol–water partition coefficient (Wildman–Crippen LogP) is 3.95. The molecule has 0 radical (unpaired) electrons. The van der Waals surface area contributed by atoms with Crippen molar-refractivity contribution in [3.63, 3.8) is 0 Å². The molecule has 1 aromatic carbocycles. The highest BCUT2D eigenvalue weighted by Gasteiger charge is 2.15. The largest absolute Gasteiger partial charge is 0.496 e. The zero-order valence-electron chi connectivity index (χ0n) is 12.9. The molecule has 4 heteroatoms. The van der Waals surface area contributed by atoms with Crippen LogP contribution in [0.25, 0.3) is 0 Å². The van der Waals surface area contributed by atoms with Crippen LogP contribution in [0.15, 0.2) is 36.7 Å². The third-order valence-electron chi connectivity index (χ3n) is 3.58. The van der Waals surface area contributed by atoms with E-state index < -0.39 is 0 Å². The minimum Gasteiger partial charge on any atom is -0.496 e. The van der Waals surface area contributed by atoms with E-state index >= 15 is 0 Å². The number of hydrogen-bond acceptors (Lipinski definition) is 3. The molecule has 21 heavy (non-hydrogen) atoms. The first-order chi connectivity index (χ1) is 10.0. The topological polar surface area (TPSA) is 34.1 Å². The number of halogens is 1. The highest BCUT2D eigenvalue weighted by atomic mass is 19.1. The van der Waals surface area contributed by atoms with E-state index in [-0.39, 0.29) is 17.9 Å². The fourth-order valence-corrected chi connectivity index (χ4v) is 2.42. The summed E-state index contributed by atoms with van der Waals surface area (Å²) in [6.45, 7) is 6.12. The van der Waals surface area contributed by atoms with Crippen molar-refractivity contribution in [1.82, 2.24) is 10.3 Å². The molecule has 0 saturated carbocycles. The van der Waals surface area contributed by atoms with Crippen LogP contribution < -0.4 is 10.1 Å². The van der Waals surface area contributed by atoms with Gasteiger partial charge in [0.15, 0.2) is 0 Å².